The zero-order valence-corrected chi connectivity index (χ0v) is 33.5. The van der Waals surface area contributed by atoms with Crippen molar-refractivity contribution < 1.29 is 33.4 Å². The van der Waals surface area contributed by atoms with Crippen LogP contribution in [-0.2, 0) is 32.0 Å². The lowest BCUT2D eigenvalue weighted by Gasteiger charge is -2.30. The van der Waals surface area contributed by atoms with Crippen LogP contribution in [0.25, 0.3) is 6.08 Å². The number of esters is 1. The van der Waals surface area contributed by atoms with Crippen molar-refractivity contribution in [3.05, 3.63) is 154 Å². The van der Waals surface area contributed by atoms with E-state index in [-0.39, 0.29) is 23.7 Å². The van der Waals surface area contributed by atoms with Gasteiger partial charge >= 0.3 is 12.1 Å². The Balaban J connectivity index is 1.23. The maximum atomic E-state index is 14.3. The van der Waals surface area contributed by atoms with Crippen LogP contribution in [0.15, 0.2) is 126 Å². The Morgan fingerprint density at radius 2 is 1.51 bits per heavy atom. The van der Waals surface area contributed by atoms with E-state index in [1.807, 2.05) is 66.7 Å². The van der Waals surface area contributed by atoms with Gasteiger partial charge in [0.2, 0.25) is 5.91 Å². The van der Waals surface area contributed by atoms with Crippen molar-refractivity contribution in [1.29, 1.82) is 0 Å². The number of nitrogens with one attached hydrogen (secondary N) is 3. The Morgan fingerprint density at radius 3 is 2.18 bits per heavy atom. The van der Waals surface area contributed by atoms with Gasteiger partial charge in [0.1, 0.15) is 21.5 Å². The molecule has 0 aliphatic carbocycles. The number of amides is 4. The Hall–Kier alpha value is -6.18. The van der Waals surface area contributed by atoms with E-state index in [1.54, 1.807) is 80.3 Å². The summed E-state index contributed by atoms with van der Waals surface area (Å²) in [6, 6.07) is 34.1. The Kier molecular flexibility index (Phi) is 12.9. The highest BCUT2D eigenvalue weighted by Crippen LogP contribution is 2.41. The van der Waals surface area contributed by atoms with E-state index in [0.717, 1.165) is 16.0 Å². The number of benzene rings is 4. The topological polar surface area (TPSA) is 143 Å². The number of thiophene rings is 1. The fraction of sp³-hybridized carbons (Fsp3) is 0.205. The molecule has 1 unspecified atom stereocenters. The van der Waals surface area contributed by atoms with Crippen LogP contribution in [0.3, 0.4) is 0 Å². The minimum absolute atomic E-state index is 0.0453. The van der Waals surface area contributed by atoms with E-state index in [2.05, 4.69) is 16.0 Å². The van der Waals surface area contributed by atoms with Crippen molar-refractivity contribution in [2.75, 3.05) is 24.3 Å². The number of nitrogens with zero attached hydrogens (tertiary/aromatic N) is 1. The fourth-order valence-corrected chi connectivity index (χ4v) is 8.35. The number of fused-ring (bicyclic) bond motifs is 1. The molecule has 0 bridgehead atoms. The molecule has 11 nitrogen and oxygen atoms in total. The van der Waals surface area contributed by atoms with Crippen molar-refractivity contribution in [2.24, 2.45) is 0 Å². The van der Waals surface area contributed by atoms with Crippen LogP contribution in [0.5, 0.6) is 0 Å². The molecule has 13 heteroatoms. The van der Waals surface area contributed by atoms with Crippen molar-refractivity contribution >= 4 is 69.6 Å². The van der Waals surface area contributed by atoms with Crippen molar-refractivity contribution in [3.63, 3.8) is 0 Å². The lowest BCUT2D eigenvalue weighted by molar-refractivity contribution is -0.116. The van der Waals surface area contributed by atoms with E-state index >= 15 is 0 Å². The molecule has 4 aromatic carbocycles. The van der Waals surface area contributed by atoms with Gasteiger partial charge < -0.3 is 30.3 Å². The van der Waals surface area contributed by atoms with Gasteiger partial charge in [-0.05, 0) is 80.3 Å². The highest BCUT2D eigenvalue weighted by Gasteiger charge is 2.34. The molecular weight excluding hydrogens is 761 g/mol. The van der Waals surface area contributed by atoms with Crippen LogP contribution in [0.1, 0.15) is 68.3 Å². The Morgan fingerprint density at radius 1 is 0.842 bits per heavy atom. The number of anilines is 2. The molecule has 1 aliphatic heterocycles. The normalized spacial score (nSPS) is 13.1. The molecule has 2 heterocycles. The number of carbonyl (C=O) groups is 5. The molecule has 1 aliphatic rings. The summed E-state index contributed by atoms with van der Waals surface area (Å²) >= 11 is 2.50. The Labute approximate surface area is 339 Å². The quantitative estimate of drug-likeness (QED) is 0.0684. The maximum absolute atomic E-state index is 14.3. The van der Waals surface area contributed by atoms with E-state index < -0.39 is 34.7 Å². The fourth-order valence-electron chi connectivity index (χ4n) is 6.01. The minimum Gasteiger partial charge on any atom is -0.465 e. The van der Waals surface area contributed by atoms with Crippen LogP contribution in [-0.4, -0.2) is 53.9 Å². The van der Waals surface area contributed by atoms with Crippen molar-refractivity contribution in [3.8, 4) is 0 Å². The van der Waals surface area contributed by atoms with Gasteiger partial charge in [-0.15, -0.1) is 23.1 Å². The van der Waals surface area contributed by atoms with E-state index in [0.29, 0.717) is 39.7 Å². The molecule has 0 fully saturated rings. The van der Waals surface area contributed by atoms with Crippen molar-refractivity contribution in [1.82, 2.24) is 10.2 Å². The summed E-state index contributed by atoms with van der Waals surface area (Å²) in [5.74, 6) is -1.94. The second kappa shape index (κ2) is 18.2. The third kappa shape index (κ3) is 10.6. The second-order valence-corrected chi connectivity index (χ2v) is 16.3. The van der Waals surface area contributed by atoms with Gasteiger partial charge in [-0.2, -0.15) is 0 Å². The van der Waals surface area contributed by atoms with Gasteiger partial charge in [0.05, 0.1) is 19.2 Å². The van der Waals surface area contributed by atoms with E-state index in [1.165, 1.54) is 30.2 Å². The van der Waals surface area contributed by atoms with Crippen LogP contribution >= 0.6 is 23.1 Å². The highest BCUT2D eigenvalue weighted by molar-refractivity contribution is 8.00. The van der Waals surface area contributed by atoms with Gasteiger partial charge in [0.15, 0.2) is 0 Å². The van der Waals surface area contributed by atoms with Crippen LogP contribution in [0.2, 0.25) is 0 Å². The molecule has 1 atom stereocenters. The monoisotopic (exact) mass is 802 g/mol. The minimum atomic E-state index is -0.779. The molecule has 0 radical (unpaired) electrons. The molecule has 6 rings (SSSR count). The second-order valence-electron chi connectivity index (χ2n) is 14.0. The smallest absolute Gasteiger partial charge is 0.410 e. The SMILES string of the molecule is COC(=O)c1c(NC(=O)C(Sc2cccc(NC(=O)/C(=C/c3ccccc3)NC(=O)c3ccccc3)c2)c2ccccc2)sc2c1CCN(C(=O)OC(C)(C)C)C2. The van der Waals surface area contributed by atoms with Gasteiger partial charge in [-0.3, -0.25) is 14.4 Å². The summed E-state index contributed by atoms with van der Waals surface area (Å²) in [5.41, 5.74) is 2.66. The zero-order valence-electron chi connectivity index (χ0n) is 31.9. The summed E-state index contributed by atoms with van der Waals surface area (Å²) in [6.07, 6.45) is 1.54. The molecule has 0 spiro atoms. The van der Waals surface area contributed by atoms with Gasteiger partial charge in [0.25, 0.3) is 11.8 Å². The van der Waals surface area contributed by atoms with Gasteiger partial charge in [-0.1, -0.05) is 84.9 Å². The average Bonchev–Trinajstić information content (AvgIpc) is 3.56. The number of ether oxygens (including phenoxy) is 2. The Bertz CT molecular complexity index is 2290. The summed E-state index contributed by atoms with van der Waals surface area (Å²) in [7, 11) is 1.29. The standard InChI is InChI=1S/C44H42N4O7S2/c1-44(2,3)55-43(53)48-24-23-33-35(27-48)57-41(36(33)42(52)54-4)47-40(51)37(29-17-10-6-11-18-29)56-32-22-14-21-31(26-32)45-39(50)34(25-28-15-8-5-9-16-28)46-38(49)30-19-12-7-13-20-30/h5-22,25-26,37H,23-24,27H2,1-4H3,(H,45,50)(H,46,49)(H,47,51)/b34-25-. The summed E-state index contributed by atoms with van der Waals surface area (Å²) in [4.78, 5) is 70.2. The van der Waals surface area contributed by atoms with Crippen LogP contribution in [0.4, 0.5) is 15.5 Å². The number of rotatable bonds is 11. The third-order valence-corrected chi connectivity index (χ3v) is 11.0. The molecule has 0 saturated carbocycles. The molecule has 4 amide bonds. The lowest BCUT2D eigenvalue weighted by Crippen LogP contribution is -2.39. The first kappa shape index (κ1) is 40.5. The maximum Gasteiger partial charge on any atom is 0.410 e. The van der Waals surface area contributed by atoms with Gasteiger partial charge in [0, 0.05) is 27.6 Å². The van der Waals surface area contributed by atoms with E-state index in [4.69, 9.17) is 9.47 Å². The summed E-state index contributed by atoms with van der Waals surface area (Å²) in [5, 5.41) is 8.21. The average molecular weight is 803 g/mol. The van der Waals surface area contributed by atoms with Crippen molar-refractivity contribution in [2.45, 2.75) is 49.5 Å². The largest absolute Gasteiger partial charge is 0.465 e. The zero-order chi connectivity index (χ0) is 40.5. The molecule has 5 aromatic rings. The first-order valence-electron chi connectivity index (χ1n) is 18.2. The number of hydrogen-bond donors (Lipinski definition) is 3. The predicted molar refractivity (Wildman–Crippen MR) is 223 cm³/mol. The summed E-state index contributed by atoms with van der Waals surface area (Å²) < 4.78 is 10.7. The molecule has 0 saturated heterocycles. The molecule has 3 N–H and O–H groups in total. The molecule has 292 valence electrons. The number of methoxy groups -OCH3 is 1. The lowest BCUT2D eigenvalue weighted by atomic mass is 10.0. The van der Waals surface area contributed by atoms with Crippen LogP contribution < -0.4 is 16.0 Å². The highest BCUT2D eigenvalue weighted by atomic mass is 32.2. The third-order valence-electron chi connectivity index (χ3n) is 8.66. The van der Waals surface area contributed by atoms with Crippen LogP contribution in [0, 0.1) is 0 Å². The van der Waals surface area contributed by atoms with Gasteiger partial charge in [-0.25, -0.2) is 9.59 Å². The summed E-state index contributed by atoms with van der Waals surface area (Å²) in [6.45, 7) is 5.97. The first-order chi connectivity index (χ1) is 27.4. The number of hydrogen-bond acceptors (Lipinski definition) is 9. The molecule has 1 aromatic heterocycles. The number of carbonyl (C=O) groups excluding carboxylic acids is 5. The molecular formula is C44H42N4O7S2. The molecule has 57 heavy (non-hydrogen) atoms. The predicted octanol–water partition coefficient (Wildman–Crippen LogP) is 8.71. The first-order valence-corrected chi connectivity index (χ1v) is 19.9. The number of thioether (sulfide) groups is 1. The van der Waals surface area contributed by atoms with E-state index in [9.17, 15) is 24.0 Å².